The fourth-order valence-corrected chi connectivity index (χ4v) is 3.02. The van der Waals surface area contributed by atoms with Crippen LogP contribution in [0.1, 0.15) is 6.42 Å². The van der Waals surface area contributed by atoms with Crippen LogP contribution in [-0.2, 0) is 4.79 Å². The predicted octanol–water partition coefficient (Wildman–Crippen LogP) is 1.67. The highest BCUT2D eigenvalue weighted by molar-refractivity contribution is 7.99. The molecule has 0 unspecified atom stereocenters. The van der Waals surface area contributed by atoms with Crippen LogP contribution < -0.4 is 10.0 Å². The molecule has 0 fully saturated rings. The van der Waals surface area contributed by atoms with Crippen molar-refractivity contribution in [2.75, 3.05) is 44.5 Å². The first-order valence-electron chi connectivity index (χ1n) is 10.2. The van der Waals surface area contributed by atoms with Crippen LogP contribution in [0.3, 0.4) is 0 Å². The normalized spacial score (nSPS) is 14.7. The molecule has 0 saturated heterocycles. The number of carboxylic acids is 1. The molecule has 0 rings (SSSR count). The number of nitrogens with one attached hydrogen (secondary N) is 1. The van der Waals surface area contributed by atoms with Crippen molar-refractivity contribution in [1.82, 2.24) is 0 Å². The molecule has 0 aliphatic carbocycles. The number of halogens is 17. The molecule has 0 amide bonds. The number of alkyl halides is 17. The second-order valence-corrected chi connectivity index (χ2v) is 8.78. The van der Waals surface area contributed by atoms with Crippen LogP contribution in [0.4, 0.5) is 74.6 Å². The highest BCUT2D eigenvalue weighted by atomic mass is 32.2. The number of aliphatic hydroxyl groups is 3. The van der Waals surface area contributed by atoms with Crippen molar-refractivity contribution in [3.8, 4) is 0 Å². The minimum Gasteiger partial charge on any atom is -0.549 e. The minimum absolute atomic E-state index is 0.0267. The summed E-state index contributed by atoms with van der Waals surface area (Å²) >= 11 is -0.262. The molecule has 0 aromatic carbocycles. The van der Waals surface area contributed by atoms with Gasteiger partial charge in [-0.25, -0.2) is 0 Å². The maximum atomic E-state index is 13.4. The van der Waals surface area contributed by atoms with Gasteiger partial charge >= 0.3 is 47.6 Å². The van der Waals surface area contributed by atoms with Gasteiger partial charge in [-0.2, -0.15) is 86.4 Å². The lowest BCUT2D eigenvalue weighted by Crippen LogP contribution is -3.13. The summed E-state index contributed by atoms with van der Waals surface area (Å²) in [6.45, 7) is 1.07. The van der Waals surface area contributed by atoms with Gasteiger partial charge in [0.15, 0.2) is 6.73 Å². The van der Waals surface area contributed by atoms with E-state index >= 15 is 0 Å². The lowest BCUT2D eigenvalue weighted by molar-refractivity contribution is -0.919. The molecule has 0 aromatic rings. The van der Waals surface area contributed by atoms with Gasteiger partial charge < -0.3 is 30.1 Å². The summed E-state index contributed by atoms with van der Waals surface area (Å²) in [4.78, 5) is 10.8. The topological polar surface area (TPSA) is 105 Å². The third kappa shape index (κ3) is 8.53. The summed E-state index contributed by atoms with van der Waals surface area (Å²) in [6.07, 6.45) is -10.5. The van der Waals surface area contributed by atoms with Gasteiger partial charge in [0.2, 0.25) is 0 Å². The SMILES string of the molecule is O=C([O-])CSCCC(F)(F)C(F)(F)C(F)(F)C(F)(F)C(F)(F)C(F)(F)C(F)(F)C(F)(F)F.OCC[NH+](CO)CCO. The number of hydrogen-bond donors (Lipinski definition) is 4. The Hall–Kier alpha value is -1.53. The summed E-state index contributed by atoms with van der Waals surface area (Å²) in [7, 11) is 0. The van der Waals surface area contributed by atoms with Crippen LogP contribution in [0, 0.1) is 0 Å². The molecule has 0 heterocycles. The molecule has 0 radical (unpaired) electrons. The van der Waals surface area contributed by atoms with Crippen LogP contribution in [0.15, 0.2) is 0 Å². The Labute approximate surface area is 222 Å². The quantitative estimate of drug-likeness (QED) is 0.113. The van der Waals surface area contributed by atoms with Crippen molar-refractivity contribution < 1.29 is 105 Å². The van der Waals surface area contributed by atoms with Crippen LogP contribution >= 0.6 is 11.8 Å². The highest BCUT2D eigenvalue weighted by Crippen LogP contribution is 2.64. The molecule has 0 aliphatic heterocycles. The van der Waals surface area contributed by atoms with Gasteiger partial charge in [-0.15, -0.1) is 0 Å². The number of quaternary nitrogens is 1. The predicted molar refractivity (Wildman–Crippen MR) is 99.6 cm³/mol. The molecule has 248 valence electrons. The molecule has 4 N–H and O–H groups in total. The van der Waals surface area contributed by atoms with Crippen LogP contribution in [0.25, 0.3) is 0 Å². The molecule has 0 aliphatic rings. The first-order chi connectivity index (χ1) is 18.0. The first kappa shape index (κ1) is 41.6. The van der Waals surface area contributed by atoms with Gasteiger partial charge in [-0.05, 0) is 5.75 Å². The number of carboxylic acid groups (broad SMARTS) is 1. The van der Waals surface area contributed by atoms with E-state index in [4.69, 9.17) is 15.3 Å². The Morgan fingerprint density at radius 2 is 0.951 bits per heavy atom. The standard InChI is InChI=1S/C12H7F17O2S.C5H13NO3/c13-5(14,1-2-32-3-4(30)31)6(15,16)7(17,18)8(19,20)9(21,22)10(23,24)11(25,26)12(27,28)29;7-3-1-6(5-9)2-4-8/h1-3H2,(H,30,31);7-9H,1-5H2. The van der Waals surface area contributed by atoms with E-state index in [9.17, 15) is 84.5 Å². The number of carbonyl (C=O) groups is 1. The number of aliphatic hydroxyl groups excluding tert-OH is 3. The van der Waals surface area contributed by atoms with Crippen LogP contribution in [-0.4, -0.2) is 113 Å². The summed E-state index contributed by atoms with van der Waals surface area (Å²) in [5.74, 6) is -61.4. The Morgan fingerprint density at radius 3 is 1.24 bits per heavy atom. The molecule has 41 heavy (non-hydrogen) atoms. The molecule has 0 atom stereocenters. The largest absolute Gasteiger partial charge is 0.549 e. The highest BCUT2D eigenvalue weighted by Gasteiger charge is 2.95. The zero-order chi connectivity index (χ0) is 33.5. The third-order valence-electron chi connectivity index (χ3n) is 4.72. The number of aliphatic carboxylic acids is 1. The minimum atomic E-state index is -8.66. The number of rotatable bonds is 16. The zero-order valence-electron chi connectivity index (χ0n) is 19.6. The second kappa shape index (κ2) is 14.3. The fraction of sp³-hybridized carbons (Fsp3) is 0.941. The van der Waals surface area contributed by atoms with Crippen molar-refractivity contribution in [2.24, 2.45) is 0 Å². The fourth-order valence-electron chi connectivity index (χ4n) is 2.31. The van der Waals surface area contributed by atoms with Gasteiger partial charge in [0.25, 0.3) is 0 Å². The number of hydrogen-bond acceptors (Lipinski definition) is 6. The van der Waals surface area contributed by atoms with E-state index in [0.717, 1.165) is 4.90 Å². The molecule has 0 bridgehead atoms. The average Bonchev–Trinajstić information content (AvgIpc) is 2.80. The molecular weight excluding hydrogens is 653 g/mol. The van der Waals surface area contributed by atoms with Crippen molar-refractivity contribution in [3.05, 3.63) is 0 Å². The van der Waals surface area contributed by atoms with Gasteiger partial charge in [0.1, 0.15) is 13.1 Å². The van der Waals surface area contributed by atoms with E-state index in [0.29, 0.717) is 13.1 Å². The van der Waals surface area contributed by atoms with E-state index in [1.807, 2.05) is 0 Å². The maximum absolute atomic E-state index is 13.4. The molecule has 24 heteroatoms. The smallest absolute Gasteiger partial charge is 0.460 e. The molecule has 0 aromatic heterocycles. The van der Waals surface area contributed by atoms with E-state index in [-0.39, 0.29) is 31.7 Å². The Morgan fingerprint density at radius 1 is 0.610 bits per heavy atom. The Balaban J connectivity index is 0. The average molecular weight is 673 g/mol. The van der Waals surface area contributed by atoms with Crippen molar-refractivity contribution >= 4 is 17.7 Å². The van der Waals surface area contributed by atoms with Gasteiger partial charge in [-0.3, -0.25) is 0 Å². The first-order valence-corrected chi connectivity index (χ1v) is 11.3. The van der Waals surface area contributed by atoms with E-state index in [2.05, 4.69) is 0 Å². The second-order valence-electron chi connectivity index (χ2n) is 7.68. The zero-order valence-corrected chi connectivity index (χ0v) is 20.5. The van der Waals surface area contributed by atoms with Gasteiger partial charge in [0, 0.05) is 12.2 Å². The van der Waals surface area contributed by atoms with Crippen molar-refractivity contribution in [3.63, 3.8) is 0 Å². The summed E-state index contributed by atoms with van der Waals surface area (Å²) in [6, 6.07) is 0. The Kier molecular flexibility index (Phi) is 14.5. The number of carbonyl (C=O) groups excluding carboxylic acids is 1. The van der Waals surface area contributed by atoms with Crippen molar-refractivity contribution in [1.29, 1.82) is 0 Å². The van der Waals surface area contributed by atoms with E-state index < -0.39 is 71.5 Å². The lowest BCUT2D eigenvalue weighted by Gasteiger charge is -2.42. The van der Waals surface area contributed by atoms with Crippen LogP contribution in [0.5, 0.6) is 0 Å². The van der Waals surface area contributed by atoms with E-state index in [1.54, 1.807) is 0 Å². The van der Waals surface area contributed by atoms with Crippen molar-refractivity contribution in [2.45, 2.75) is 54.1 Å². The van der Waals surface area contributed by atoms with E-state index in [1.165, 1.54) is 0 Å². The maximum Gasteiger partial charge on any atom is 0.460 e. The number of thioether (sulfide) groups is 1. The summed E-state index contributed by atoms with van der Waals surface area (Å²) in [5.41, 5.74) is 0. The summed E-state index contributed by atoms with van der Waals surface area (Å²) < 4.78 is 220. The lowest BCUT2D eigenvalue weighted by atomic mass is 9.88. The van der Waals surface area contributed by atoms with Crippen LogP contribution in [0.2, 0.25) is 0 Å². The molecule has 0 saturated carbocycles. The van der Waals surface area contributed by atoms with Gasteiger partial charge in [-0.1, -0.05) is 0 Å². The van der Waals surface area contributed by atoms with Gasteiger partial charge in [0.05, 0.1) is 19.2 Å². The summed E-state index contributed by atoms with van der Waals surface area (Å²) in [5, 5.41) is 35.3. The Bertz CT molecular complexity index is 819. The third-order valence-corrected chi connectivity index (χ3v) is 5.65. The monoisotopic (exact) mass is 673 g/mol. The molecule has 6 nitrogen and oxygen atoms in total. The molecule has 0 spiro atoms. The molecular formula is C17H20F17NO5S.